The van der Waals surface area contributed by atoms with Crippen LogP contribution in [-0.4, -0.2) is 23.0 Å². The summed E-state index contributed by atoms with van der Waals surface area (Å²) in [5.41, 5.74) is 0.129. The Balaban J connectivity index is 1.86. The van der Waals surface area contributed by atoms with E-state index >= 15 is 0 Å². The molecule has 20 heavy (non-hydrogen) atoms. The molecule has 1 aliphatic rings. The van der Waals surface area contributed by atoms with E-state index in [1.54, 1.807) is 0 Å². The summed E-state index contributed by atoms with van der Waals surface area (Å²) >= 11 is 0. The van der Waals surface area contributed by atoms with Crippen molar-refractivity contribution in [1.82, 2.24) is 10.2 Å². The third-order valence-corrected chi connectivity index (χ3v) is 4.15. The molecule has 1 aliphatic heterocycles. The average Bonchev–Trinajstić information content (AvgIpc) is 2.77. The van der Waals surface area contributed by atoms with Crippen LogP contribution in [0, 0.1) is 5.92 Å². The molecule has 0 radical (unpaired) electrons. The van der Waals surface area contributed by atoms with E-state index in [1.165, 1.54) is 19.4 Å². The fourth-order valence-corrected chi connectivity index (χ4v) is 2.85. The number of hydrogen-bond acceptors (Lipinski definition) is 3. The topological polar surface area (TPSA) is 28.4 Å². The zero-order valence-corrected chi connectivity index (χ0v) is 13.7. The molecule has 0 aromatic carbocycles. The zero-order valence-electron chi connectivity index (χ0n) is 13.7. The van der Waals surface area contributed by atoms with Crippen LogP contribution in [0.5, 0.6) is 0 Å². The summed E-state index contributed by atoms with van der Waals surface area (Å²) in [7, 11) is 0. The molecule has 0 bridgehead atoms. The molecule has 0 saturated carbocycles. The minimum atomic E-state index is 0.129. The molecule has 2 heterocycles. The van der Waals surface area contributed by atoms with Crippen molar-refractivity contribution >= 4 is 0 Å². The van der Waals surface area contributed by atoms with Gasteiger partial charge in [0.05, 0.1) is 13.1 Å². The summed E-state index contributed by atoms with van der Waals surface area (Å²) < 4.78 is 5.95. The molecule has 3 nitrogen and oxygen atoms in total. The number of likely N-dealkylation sites (tertiary alicyclic amines) is 1. The zero-order chi connectivity index (χ0) is 14.8. The van der Waals surface area contributed by atoms with Crippen molar-refractivity contribution in [1.29, 1.82) is 0 Å². The molecule has 2 unspecified atom stereocenters. The number of nitrogens with zero attached hydrogens (tertiary/aromatic N) is 1. The Morgan fingerprint density at radius 3 is 2.60 bits per heavy atom. The second-order valence-electron chi connectivity index (χ2n) is 7.42. The first kappa shape index (κ1) is 15.6. The van der Waals surface area contributed by atoms with Gasteiger partial charge < -0.3 is 9.73 Å². The van der Waals surface area contributed by atoms with E-state index in [9.17, 15) is 0 Å². The number of rotatable bonds is 4. The van der Waals surface area contributed by atoms with Gasteiger partial charge in [-0.1, -0.05) is 6.92 Å². The number of nitrogens with one attached hydrogen (secondary N) is 1. The van der Waals surface area contributed by atoms with Gasteiger partial charge in [0.2, 0.25) is 0 Å². The van der Waals surface area contributed by atoms with E-state index < -0.39 is 0 Å². The van der Waals surface area contributed by atoms with Crippen LogP contribution < -0.4 is 5.32 Å². The summed E-state index contributed by atoms with van der Waals surface area (Å²) in [6, 6.07) is 4.90. The smallest absolute Gasteiger partial charge is 0.118 e. The van der Waals surface area contributed by atoms with Gasteiger partial charge in [0.1, 0.15) is 11.5 Å². The van der Waals surface area contributed by atoms with Crippen LogP contribution in [0.25, 0.3) is 0 Å². The molecule has 1 aromatic heterocycles. The summed E-state index contributed by atoms with van der Waals surface area (Å²) in [5.74, 6) is 2.99. The molecule has 0 aliphatic carbocycles. The van der Waals surface area contributed by atoms with Gasteiger partial charge in [-0.05, 0) is 65.1 Å². The minimum Gasteiger partial charge on any atom is -0.463 e. The first-order valence-corrected chi connectivity index (χ1v) is 7.90. The van der Waals surface area contributed by atoms with Crippen molar-refractivity contribution in [2.24, 2.45) is 5.92 Å². The van der Waals surface area contributed by atoms with Crippen LogP contribution in [0.4, 0.5) is 0 Å². The van der Waals surface area contributed by atoms with Gasteiger partial charge in [-0.25, -0.2) is 0 Å². The lowest BCUT2D eigenvalue weighted by molar-refractivity contribution is 0.113. The van der Waals surface area contributed by atoms with E-state index in [1.807, 2.05) is 0 Å². The maximum absolute atomic E-state index is 5.95. The standard InChI is InChI=1S/C17H30N2O/c1-13-8-9-19(14(2)10-13)12-16-7-6-15(20-16)11-18-17(3,4)5/h6-7,13-14,18H,8-12H2,1-5H3. The normalized spacial score (nSPS) is 25.1. The van der Waals surface area contributed by atoms with E-state index in [-0.39, 0.29) is 5.54 Å². The second-order valence-corrected chi connectivity index (χ2v) is 7.42. The molecule has 114 valence electrons. The van der Waals surface area contributed by atoms with Crippen molar-refractivity contribution in [2.75, 3.05) is 6.54 Å². The van der Waals surface area contributed by atoms with E-state index in [0.717, 1.165) is 30.5 Å². The van der Waals surface area contributed by atoms with E-state index in [2.05, 4.69) is 57.0 Å². The molecule has 2 atom stereocenters. The molecule has 3 heteroatoms. The lowest BCUT2D eigenvalue weighted by Crippen LogP contribution is -2.39. The molecule has 2 rings (SSSR count). The summed E-state index contributed by atoms with van der Waals surface area (Å²) in [6.07, 6.45) is 2.61. The van der Waals surface area contributed by atoms with Crippen molar-refractivity contribution in [3.05, 3.63) is 23.7 Å². The first-order chi connectivity index (χ1) is 9.33. The van der Waals surface area contributed by atoms with Gasteiger partial charge in [-0.15, -0.1) is 0 Å². The van der Waals surface area contributed by atoms with Gasteiger partial charge >= 0.3 is 0 Å². The Hall–Kier alpha value is -0.800. The van der Waals surface area contributed by atoms with E-state index in [4.69, 9.17) is 4.42 Å². The summed E-state index contributed by atoms with van der Waals surface area (Å²) in [4.78, 5) is 2.54. The number of furan rings is 1. The SMILES string of the molecule is CC1CCN(Cc2ccc(CNC(C)(C)C)o2)C(C)C1. The number of hydrogen-bond donors (Lipinski definition) is 1. The summed E-state index contributed by atoms with van der Waals surface area (Å²) in [5, 5.41) is 3.46. The maximum atomic E-state index is 5.95. The Kier molecular flexibility index (Phi) is 4.92. The first-order valence-electron chi connectivity index (χ1n) is 7.90. The highest BCUT2D eigenvalue weighted by Crippen LogP contribution is 2.24. The molecular formula is C17H30N2O. The van der Waals surface area contributed by atoms with Gasteiger partial charge in [0.15, 0.2) is 0 Å². The maximum Gasteiger partial charge on any atom is 0.118 e. The molecule has 1 fully saturated rings. The van der Waals surface area contributed by atoms with Crippen molar-refractivity contribution < 1.29 is 4.42 Å². The van der Waals surface area contributed by atoms with E-state index in [0.29, 0.717) is 6.04 Å². The lowest BCUT2D eigenvalue weighted by atomic mass is 9.93. The largest absolute Gasteiger partial charge is 0.463 e. The van der Waals surface area contributed by atoms with Crippen LogP contribution in [-0.2, 0) is 13.1 Å². The molecule has 0 amide bonds. The van der Waals surface area contributed by atoms with Crippen LogP contribution in [0.3, 0.4) is 0 Å². The lowest BCUT2D eigenvalue weighted by Gasteiger charge is -2.35. The van der Waals surface area contributed by atoms with Crippen LogP contribution in [0.1, 0.15) is 59.0 Å². The fraction of sp³-hybridized carbons (Fsp3) is 0.765. The van der Waals surface area contributed by atoms with Crippen LogP contribution in [0.2, 0.25) is 0 Å². The third-order valence-electron chi connectivity index (χ3n) is 4.15. The highest BCUT2D eigenvalue weighted by molar-refractivity contribution is 5.07. The molecule has 1 saturated heterocycles. The van der Waals surface area contributed by atoms with Crippen molar-refractivity contribution in [3.63, 3.8) is 0 Å². The monoisotopic (exact) mass is 278 g/mol. The Bertz CT molecular complexity index is 419. The summed E-state index contributed by atoms with van der Waals surface area (Å²) in [6.45, 7) is 14.2. The number of piperidine rings is 1. The molecule has 1 N–H and O–H groups in total. The Labute approximate surface area is 123 Å². The molecular weight excluding hydrogens is 248 g/mol. The Morgan fingerprint density at radius 1 is 1.25 bits per heavy atom. The van der Waals surface area contributed by atoms with Crippen LogP contribution >= 0.6 is 0 Å². The van der Waals surface area contributed by atoms with Gasteiger partial charge in [-0.3, -0.25) is 4.90 Å². The van der Waals surface area contributed by atoms with Gasteiger partial charge in [0.25, 0.3) is 0 Å². The highest BCUT2D eigenvalue weighted by Gasteiger charge is 2.23. The minimum absolute atomic E-state index is 0.129. The Morgan fingerprint density at radius 2 is 1.95 bits per heavy atom. The van der Waals surface area contributed by atoms with Gasteiger partial charge in [-0.2, -0.15) is 0 Å². The fourth-order valence-electron chi connectivity index (χ4n) is 2.85. The van der Waals surface area contributed by atoms with Crippen molar-refractivity contribution in [2.45, 2.75) is 72.1 Å². The molecule has 1 aromatic rings. The average molecular weight is 278 g/mol. The van der Waals surface area contributed by atoms with Crippen LogP contribution in [0.15, 0.2) is 16.5 Å². The predicted octanol–water partition coefficient (Wildman–Crippen LogP) is 3.79. The van der Waals surface area contributed by atoms with Gasteiger partial charge in [0, 0.05) is 11.6 Å². The second kappa shape index (κ2) is 6.31. The molecule has 0 spiro atoms. The third kappa shape index (κ3) is 4.64. The predicted molar refractivity (Wildman–Crippen MR) is 83.6 cm³/mol. The highest BCUT2D eigenvalue weighted by atomic mass is 16.3. The quantitative estimate of drug-likeness (QED) is 0.908. The van der Waals surface area contributed by atoms with Crippen molar-refractivity contribution in [3.8, 4) is 0 Å².